The number of urea groups is 1. The molecule has 0 saturated carbocycles. The number of benzene rings is 1. The molecule has 4 aliphatic heterocycles. The summed E-state index contributed by atoms with van der Waals surface area (Å²) in [6.45, 7) is 6.54. The number of piperazine rings is 1. The Morgan fingerprint density at radius 1 is 1.08 bits per heavy atom. The van der Waals surface area contributed by atoms with Crippen LogP contribution in [0.1, 0.15) is 23.3 Å². The van der Waals surface area contributed by atoms with E-state index in [0.29, 0.717) is 30.8 Å². The number of aromatic nitrogens is 2. The lowest BCUT2D eigenvalue weighted by Gasteiger charge is -2.44. The van der Waals surface area contributed by atoms with Gasteiger partial charge in [-0.2, -0.15) is 0 Å². The molecule has 1 aromatic heterocycles. The first-order valence-electron chi connectivity index (χ1n) is 13.3. The van der Waals surface area contributed by atoms with Crippen LogP contribution in [-0.2, 0) is 0 Å². The van der Waals surface area contributed by atoms with Crippen molar-refractivity contribution >= 4 is 34.9 Å². The van der Waals surface area contributed by atoms with Gasteiger partial charge >= 0.3 is 6.03 Å². The molecule has 0 radical (unpaired) electrons. The van der Waals surface area contributed by atoms with Crippen molar-refractivity contribution in [3.63, 3.8) is 0 Å². The van der Waals surface area contributed by atoms with Crippen LogP contribution >= 0.6 is 0 Å². The largest absolute Gasteiger partial charge is 0.489 e. The minimum atomic E-state index is -0.650. The molecular formula is C26H35N9O3. The minimum absolute atomic E-state index is 0.0758. The number of carbonyl (C=O) groups excluding carboxylic acids is 2. The third kappa shape index (κ3) is 4.53. The van der Waals surface area contributed by atoms with Crippen LogP contribution in [0.3, 0.4) is 0 Å². The molecule has 0 spiro atoms. The van der Waals surface area contributed by atoms with E-state index in [1.165, 1.54) is 0 Å². The number of piperidine rings is 1. The number of nitrogens with one attached hydrogen (secondary N) is 1. The molecule has 202 valence electrons. The van der Waals surface area contributed by atoms with Crippen LogP contribution < -0.4 is 25.6 Å². The fourth-order valence-electron chi connectivity index (χ4n) is 5.96. The summed E-state index contributed by atoms with van der Waals surface area (Å²) in [5, 5.41) is 3.26. The maximum atomic E-state index is 12.5. The van der Waals surface area contributed by atoms with E-state index in [0.717, 1.165) is 69.2 Å². The molecule has 3 amide bonds. The van der Waals surface area contributed by atoms with E-state index in [1.54, 1.807) is 11.1 Å². The Hall–Kier alpha value is -3.80. The highest BCUT2D eigenvalue weighted by molar-refractivity contribution is 5.96. The Kier molecular flexibility index (Phi) is 6.34. The number of anilines is 4. The van der Waals surface area contributed by atoms with Crippen LogP contribution in [0.4, 0.5) is 27.8 Å². The zero-order valence-corrected chi connectivity index (χ0v) is 22.0. The lowest BCUT2D eigenvalue weighted by Crippen LogP contribution is -2.56. The van der Waals surface area contributed by atoms with Gasteiger partial charge in [0.1, 0.15) is 18.2 Å². The molecule has 6 rings (SSSR count). The van der Waals surface area contributed by atoms with Crippen molar-refractivity contribution in [3.05, 3.63) is 30.1 Å². The molecule has 0 aliphatic carbocycles. The molecule has 38 heavy (non-hydrogen) atoms. The normalized spacial score (nSPS) is 23.7. The number of carbonyl (C=O) groups is 2. The second-order valence-electron chi connectivity index (χ2n) is 10.7. The molecule has 5 heterocycles. The van der Waals surface area contributed by atoms with E-state index in [-0.39, 0.29) is 17.8 Å². The highest BCUT2D eigenvalue weighted by Gasteiger charge is 2.35. The van der Waals surface area contributed by atoms with Gasteiger partial charge in [-0.15, -0.1) is 0 Å². The molecule has 2 aromatic rings. The van der Waals surface area contributed by atoms with Gasteiger partial charge in [0.2, 0.25) is 0 Å². The van der Waals surface area contributed by atoms with Crippen molar-refractivity contribution in [2.24, 2.45) is 5.73 Å². The molecule has 3 saturated heterocycles. The third-order valence-electron chi connectivity index (χ3n) is 8.05. The predicted octanol–water partition coefficient (Wildman–Crippen LogP) is 1.17. The van der Waals surface area contributed by atoms with Gasteiger partial charge in [-0.25, -0.2) is 14.8 Å². The SMILES string of the molecule is CN1CCN2c3ccc(Nc4nc(N5CCC[C@@H](N6CCN(C)C6=O)C5)cnc4C(N)=O)cc3OC[C@H]2C1. The van der Waals surface area contributed by atoms with Gasteiger partial charge < -0.3 is 40.3 Å². The number of amides is 3. The van der Waals surface area contributed by atoms with E-state index in [2.05, 4.69) is 38.1 Å². The number of fused-ring (bicyclic) bond motifs is 3. The highest BCUT2D eigenvalue weighted by atomic mass is 16.5. The standard InChI is InChI=1S/C26H35N9O3/c1-31-8-10-34-19(14-31)16-38-21-12-17(5-6-20(21)34)29-25-23(24(27)36)28-13-22(30-25)33-7-3-4-18(15-33)35-11-9-32(2)26(35)37/h5-6,12-13,18-19H,3-4,7-11,14-16H2,1-2H3,(H2,27,36)(H,29,30)/t18-,19-/m1/s1. The maximum absolute atomic E-state index is 12.5. The number of primary amides is 1. The molecule has 12 nitrogen and oxygen atoms in total. The van der Waals surface area contributed by atoms with Gasteiger partial charge in [0.05, 0.1) is 24.0 Å². The summed E-state index contributed by atoms with van der Waals surface area (Å²) >= 11 is 0. The Morgan fingerprint density at radius 3 is 2.71 bits per heavy atom. The first-order chi connectivity index (χ1) is 18.4. The molecule has 1 aromatic carbocycles. The summed E-state index contributed by atoms with van der Waals surface area (Å²) in [6, 6.07) is 6.49. The molecule has 0 bridgehead atoms. The lowest BCUT2D eigenvalue weighted by molar-refractivity contribution is 0.0996. The van der Waals surface area contributed by atoms with Crippen molar-refractivity contribution in [1.82, 2.24) is 24.7 Å². The van der Waals surface area contributed by atoms with E-state index < -0.39 is 5.91 Å². The zero-order chi connectivity index (χ0) is 26.4. The number of likely N-dealkylation sites (N-methyl/N-ethyl adjacent to an activating group) is 2. The first-order valence-corrected chi connectivity index (χ1v) is 13.3. The molecule has 3 fully saturated rings. The summed E-state index contributed by atoms with van der Waals surface area (Å²) in [5.74, 6) is 1.11. The number of hydrogen-bond donors (Lipinski definition) is 2. The molecule has 2 atom stereocenters. The van der Waals surface area contributed by atoms with Crippen LogP contribution in [0.15, 0.2) is 24.4 Å². The monoisotopic (exact) mass is 521 g/mol. The summed E-state index contributed by atoms with van der Waals surface area (Å²) in [4.78, 5) is 44.5. The third-order valence-corrected chi connectivity index (χ3v) is 8.05. The quantitative estimate of drug-likeness (QED) is 0.597. The number of hydrogen-bond acceptors (Lipinski definition) is 9. The number of nitrogens with zero attached hydrogens (tertiary/aromatic N) is 7. The van der Waals surface area contributed by atoms with Crippen LogP contribution in [0, 0.1) is 0 Å². The summed E-state index contributed by atoms with van der Waals surface area (Å²) in [7, 11) is 3.98. The fraction of sp³-hybridized carbons (Fsp3) is 0.538. The van der Waals surface area contributed by atoms with Crippen molar-refractivity contribution in [3.8, 4) is 5.75 Å². The van der Waals surface area contributed by atoms with E-state index in [9.17, 15) is 9.59 Å². The number of rotatable bonds is 5. The van der Waals surface area contributed by atoms with Crippen LogP contribution in [0.5, 0.6) is 5.75 Å². The van der Waals surface area contributed by atoms with Crippen molar-refractivity contribution in [2.75, 3.05) is 81.6 Å². The van der Waals surface area contributed by atoms with E-state index >= 15 is 0 Å². The molecular weight excluding hydrogens is 486 g/mol. The number of nitrogens with two attached hydrogens (primary N) is 1. The molecule has 3 N–H and O–H groups in total. The van der Waals surface area contributed by atoms with Crippen molar-refractivity contribution in [2.45, 2.75) is 24.9 Å². The van der Waals surface area contributed by atoms with Crippen molar-refractivity contribution < 1.29 is 14.3 Å². The zero-order valence-electron chi connectivity index (χ0n) is 22.0. The second kappa shape index (κ2) is 9.82. The Bertz CT molecular complexity index is 1240. The van der Waals surface area contributed by atoms with E-state index in [1.807, 2.05) is 24.1 Å². The molecule has 12 heteroatoms. The van der Waals surface area contributed by atoms with Gasteiger partial charge in [-0.1, -0.05) is 0 Å². The second-order valence-corrected chi connectivity index (χ2v) is 10.7. The fourth-order valence-corrected chi connectivity index (χ4v) is 5.96. The van der Waals surface area contributed by atoms with Crippen LogP contribution in [0.25, 0.3) is 0 Å². The first kappa shape index (κ1) is 24.5. The highest BCUT2D eigenvalue weighted by Crippen LogP contribution is 2.38. The summed E-state index contributed by atoms with van der Waals surface area (Å²) in [6.07, 6.45) is 3.49. The molecule has 4 aliphatic rings. The van der Waals surface area contributed by atoms with Crippen molar-refractivity contribution in [1.29, 1.82) is 0 Å². The molecule has 0 unspecified atom stereocenters. The van der Waals surface area contributed by atoms with Crippen LogP contribution in [-0.4, -0.2) is 115 Å². The lowest BCUT2D eigenvalue weighted by atomic mass is 10.0. The smallest absolute Gasteiger partial charge is 0.320 e. The Labute approximate surface area is 222 Å². The minimum Gasteiger partial charge on any atom is -0.489 e. The van der Waals surface area contributed by atoms with Crippen LogP contribution in [0.2, 0.25) is 0 Å². The average molecular weight is 522 g/mol. The maximum Gasteiger partial charge on any atom is 0.320 e. The van der Waals surface area contributed by atoms with Gasteiger partial charge in [-0.3, -0.25) is 4.79 Å². The van der Waals surface area contributed by atoms with Gasteiger partial charge in [0.15, 0.2) is 11.5 Å². The van der Waals surface area contributed by atoms with Gasteiger partial charge in [-0.05, 0) is 32.0 Å². The summed E-state index contributed by atoms with van der Waals surface area (Å²) in [5.41, 5.74) is 7.55. The van der Waals surface area contributed by atoms with E-state index in [4.69, 9.17) is 15.5 Å². The average Bonchev–Trinajstić information content (AvgIpc) is 3.26. The predicted molar refractivity (Wildman–Crippen MR) is 144 cm³/mol. The van der Waals surface area contributed by atoms with Gasteiger partial charge in [0, 0.05) is 64.6 Å². The number of ether oxygens (including phenoxy) is 1. The van der Waals surface area contributed by atoms with Gasteiger partial charge in [0.25, 0.3) is 5.91 Å². The Balaban J connectivity index is 1.23. The summed E-state index contributed by atoms with van der Waals surface area (Å²) < 4.78 is 6.11. The Morgan fingerprint density at radius 2 is 1.92 bits per heavy atom. The topological polar surface area (TPSA) is 123 Å².